The van der Waals surface area contributed by atoms with Gasteiger partial charge in [-0.15, -0.1) is 0 Å². The summed E-state index contributed by atoms with van der Waals surface area (Å²) in [6.45, 7) is 0. The van der Waals surface area contributed by atoms with E-state index in [-0.39, 0.29) is 0 Å². The highest BCUT2D eigenvalue weighted by Gasteiger charge is 2.21. The van der Waals surface area contributed by atoms with Gasteiger partial charge in [0.15, 0.2) is 0 Å². The molecule has 1 heteroatoms. The third-order valence-corrected chi connectivity index (χ3v) is 4.41. The molecule has 0 N–H and O–H groups in total. The number of rotatable bonds is 4. The van der Waals surface area contributed by atoms with E-state index >= 15 is 0 Å². The van der Waals surface area contributed by atoms with Crippen LogP contribution in [0.2, 0.25) is 0 Å². The first kappa shape index (κ1) is 16.8. The van der Waals surface area contributed by atoms with E-state index in [1.54, 1.807) is 0 Å². The topological polar surface area (TPSA) is 14.1 Å². The van der Waals surface area contributed by atoms with Crippen molar-refractivity contribution in [2.24, 2.45) is 0 Å². The second-order valence-corrected chi connectivity index (χ2v) is 6.27. The summed E-state index contributed by atoms with van der Waals surface area (Å²) in [4.78, 5) is 0. The molecule has 0 amide bonds. The molecule has 4 rings (SSSR count). The summed E-state index contributed by atoms with van der Waals surface area (Å²) < 4.78 is 5.19. The lowest BCUT2D eigenvalue weighted by Gasteiger charge is -1.99. The molecule has 4 aromatic rings. The second-order valence-electron chi connectivity index (χ2n) is 6.27. The molecule has 0 saturated carbocycles. The molecule has 128 valence electrons. The van der Waals surface area contributed by atoms with Crippen molar-refractivity contribution in [3.8, 4) is 0 Å². The Morgan fingerprint density at radius 1 is 0.333 bits per heavy atom. The molecular weight excluding hydrogens is 326 g/mol. The molecule has 0 aromatic heterocycles. The predicted molar refractivity (Wildman–Crippen MR) is 114 cm³/mol. The lowest BCUT2D eigenvalue weighted by atomic mass is 10.00. The lowest BCUT2D eigenvalue weighted by Crippen LogP contribution is -2.14. The van der Waals surface area contributed by atoms with Gasteiger partial charge in [-0.05, 0) is 48.5 Å². The highest BCUT2D eigenvalue weighted by Crippen LogP contribution is 2.11. The van der Waals surface area contributed by atoms with Crippen LogP contribution in [0, 0.1) is 0 Å². The zero-order valence-electron chi connectivity index (χ0n) is 15.0. The van der Waals surface area contributed by atoms with Crippen LogP contribution in [-0.2, 0) is 0 Å². The van der Waals surface area contributed by atoms with Crippen LogP contribution in [-0.4, -0.2) is 11.4 Å². The minimum atomic E-state index is 0.971. The van der Waals surface area contributed by atoms with Gasteiger partial charge in [-0.25, -0.2) is 0 Å². The molecule has 0 aliphatic rings. The molecule has 0 spiro atoms. The Bertz CT molecular complexity index is 890. The fourth-order valence-electron chi connectivity index (χ4n) is 3.09. The number of hydrogen-bond donors (Lipinski definition) is 0. The summed E-state index contributed by atoms with van der Waals surface area (Å²) in [5, 5.41) is 0. The normalized spacial score (nSPS) is 10.1. The van der Waals surface area contributed by atoms with Crippen LogP contribution in [0.5, 0.6) is 0 Å². The van der Waals surface area contributed by atoms with E-state index in [4.69, 9.17) is 4.67 Å². The molecule has 0 fully saturated rings. The molecule has 0 atom stereocenters. The Morgan fingerprint density at radius 2 is 0.556 bits per heavy atom. The number of nitrogens with zero attached hydrogens (tertiary/aromatic N) is 1. The van der Waals surface area contributed by atoms with E-state index in [2.05, 4.69) is 97.1 Å². The van der Waals surface area contributed by atoms with Crippen LogP contribution in [0.15, 0.2) is 121 Å². The summed E-state index contributed by atoms with van der Waals surface area (Å²) >= 11 is 0. The van der Waals surface area contributed by atoms with Crippen LogP contribution >= 0.6 is 0 Å². The molecule has 0 heterocycles. The van der Waals surface area contributed by atoms with Gasteiger partial charge in [0.05, 0.1) is 22.3 Å². The van der Waals surface area contributed by atoms with Crippen molar-refractivity contribution >= 4 is 11.4 Å². The van der Waals surface area contributed by atoms with Crippen molar-refractivity contribution in [1.29, 1.82) is 0 Å². The smallest absolute Gasteiger partial charge is 0.0818 e. The zero-order valence-corrected chi connectivity index (χ0v) is 15.0. The van der Waals surface area contributed by atoms with Gasteiger partial charge in [0.25, 0.3) is 0 Å². The number of benzene rings is 4. The van der Waals surface area contributed by atoms with E-state index < -0.39 is 0 Å². The second kappa shape index (κ2) is 8.14. The quantitative estimate of drug-likeness (QED) is 0.359. The van der Waals surface area contributed by atoms with Gasteiger partial charge in [0.1, 0.15) is 0 Å². The highest BCUT2D eigenvalue weighted by atomic mass is 14.6. The van der Waals surface area contributed by atoms with Gasteiger partial charge < -0.3 is 0 Å². The average Bonchev–Trinajstić information content (AvgIpc) is 2.77. The lowest BCUT2D eigenvalue weighted by molar-refractivity contribution is 1.48. The van der Waals surface area contributed by atoms with Gasteiger partial charge in [0, 0.05) is 0 Å². The predicted octanol–water partition coefficient (Wildman–Crippen LogP) is 5.13. The van der Waals surface area contributed by atoms with Gasteiger partial charge in [0.2, 0.25) is 0 Å². The summed E-state index contributed by atoms with van der Waals surface area (Å²) in [6.07, 6.45) is 0. The maximum absolute atomic E-state index is 5.19. The first-order chi connectivity index (χ1) is 13.4. The Labute approximate surface area is 160 Å². The van der Waals surface area contributed by atoms with Gasteiger partial charge in [-0.3, -0.25) is 0 Å². The number of hydrogen-bond acceptors (Lipinski definition) is 0. The Kier molecular flexibility index (Phi) is 5.06. The SMILES string of the molecule is c1ccc(C(=[N+]=C(c2ccccc2)c2ccccc2)c2ccccc2)cc1. The maximum Gasteiger partial charge on any atom is 0.342 e. The van der Waals surface area contributed by atoms with Crippen molar-refractivity contribution in [2.45, 2.75) is 0 Å². The van der Waals surface area contributed by atoms with Gasteiger partial charge in [-0.1, -0.05) is 77.5 Å². The first-order valence-corrected chi connectivity index (χ1v) is 9.09. The van der Waals surface area contributed by atoms with Crippen molar-refractivity contribution in [3.63, 3.8) is 0 Å². The summed E-state index contributed by atoms with van der Waals surface area (Å²) in [7, 11) is 0. The van der Waals surface area contributed by atoms with Crippen molar-refractivity contribution < 1.29 is 0 Å². The Balaban J connectivity index is 2.05. The molecule has 0 aliphatic carbocycles. The van der Waals surface area contributed by atoms with Crippen molar-refractivity contribution in [1.82, 2.24) is 4.67 Å². The standard InChI is InChI=1S/C26H20N/c1-5-13-21(14-6-1)25(22-15-7-2-8-16-22)27-26(23-17-9-3-10-18-23)24-19-11-4-12-20-24/h1-20H/q+1. The molecule has 1 nitrogen and oxygen atoms in total. The first-order valence-electron chi connectivity index (χ1n) is 9.09. The van der Waals surface area contributed by atoms with E-state index in [9.17, 15) is 0 Å². The van der Waals surface area contributed by atoms with Crippen LogP contribution < -0.4 is 4.67 Å². The third-order valence-electron chi connectivity index (χ3n) is 4.41. The molecule has 0 bridgehead atoms. The van der Waals surface area contributed by atoms with E-state index in [0.29, 0.717) is 0 Å². The van der Waals surface area contributed by atoms with Crippen molar-refractivity contribution in [2.75, 3.05) is 0 Å². The van der Waals surface area contributed by atoms with Crippen LogP contribution in [0.4, 0.5) is 0 Å². The minimum absolute atomic E-state index is 0.971. The van der Waals surface area contributed by atoms with Crippen molar-refractivity contribution in [3.05, 3.63) is 144 Å². The Hall–Kier alpha value is -3.67. The van der Waals surface area contributed by atoms with E-state index in [1.807, 2.05) is 24.3 Å². The van der Waals surface area contributed by atoms with Gasteiger partial charge in [-0.2, -0.15) is 0 Å². The molecule has 0 saturated heterocycles. The molecule has 27 heavy (non-hydrogen) atoms. The molecular formula is C26H20N+. The molecule has 0 radical (unpaired) electrons. The monoisotopic (exact) mass is 346 g/mol. The van der Waals surface area contributed by atoms with E-state index in [1.165, 1.54) is 0 Å². The largest absolute Gasteiger partial charge is 0.342 e. The average molecular weight is 346 g/mol. The highest BCUT2D eigenvalue weighted by molar-refractivity contribution is 6.19. The zero-order chi connectivity index (χ0) is 18.3. The molecule has 4 aromatic carbocycles. The maximum atomic E-state index is 5.19. The minimum Gasteiger partial charge on any atom is -0.0818 e. The van der Waals surface area contributed by atoms with Gasteiger partial charge >= 0.3 is 11.4 Å². The summed E-state index contributed by atoms with van der Waals surface area (Å²) in [5.41, 5.74) is 6.36. The summed E-state index contributed by atoms with van der Waals surface area (Å²) in [6, 6.07) is 41.4. The fourth-order valence-corrected chi connectivity index (χ4v) is 3.09. The fraction of sp³-hybridized carbons (Fsp3) is 0. The Morgan fingerprint density at radius 3 is 0.778 bits per heavy atom. The van der Waals surface area contributed by atoms with E-state index in [0.717, 1.165) is 33.7 Å². The molecule has 0 aliphatic heterocycles. The van der Waals surface area contributed by atoms with Crippen LogP contribution in [0.1, 0.15) is 22.3 Å². The van der Waals surface area contributed by atoms with Crippen LogP contribution in [0.3, 0.4) is 0 Å². The molecule has 0 unspecified atom stereocenters. The van der Waals surface area contributed by atoms with Crippen LogP contribution in [0.25, 0.3) is 0 Å². The summed E-state index contributed by atoms with van der Waals surface area (Å²) in [5.74, 6) is 0. The third kappa shape index (κ3) is 3.95.